The number of hydrogen-bond acceptors (Lipinski definition) is 4. The second kappa shape index (κ2) is 13.7. The van der Waals surface area contributed by atoms with Gasteiger partial charge in [0.1, 0.15) is 0 Å². The van der Waals surface area contributed by atoms with Crippen LogP contribution < -0.4 is 10.6 Å². The van der Waals surface area contributed by atoms with Crippen LogP contribution in [0.25, 0.3) is 0 Å². The Morgan fingerprint density at radius 3 is 1.57 bits per heavy atom. The molecule has 4 heteroatoms. The van der Waals surface area contributed by atoms with E-state index in [1.807, 2.05) is 0 Å². The Labute approximate surface area is 220 Å². The molecule has 0 aromatic carbocycles. The molecule has 0 aliphatic heterocycles. The Balaban J connectivity index is 5.94. The molecule has 0 aliphatic rings. The predicted octanol–water partition coefficient (Wildman–Crippen LogP) is 6.86. The minimum Gasteiger partial charge on any atom is -0.391 e. The topological polar surface area (TPSA) is 47.5 Å². The molecule has 4 nitrogen and oxygen atoms in total. The molecule has 0 spiro atoms. The molecular weight excluding hydrogens is 430 g/mol. The maximum atomic E-state index is 10.9. The van der Waals surface area contributed by atoms with E-state index >= 15 is 0 Å². The molecule has 0 saturated heterocycles. The van der Waals surface area contributed by atoms with Gasteiger partial charge in [-0.15, -0.1) is 5.73 Å². The van der Waals surface area contributed by atoms with Gasteiger partial charge in [-0.1, -0.05) is 104 Å². The molecule has 1 atom stereocenters. The van der Waals surface area contributed by atoms with Gasteiger partial charge in [-0.25, -0.2) is 0 Å². The summed E-state index contributed by atoms with van der Waals surface area (Å²) in [6, 6.07) is 0.957. The van der Waals surface area contributed by atoms with Gasteiger partial charge in [-0.05, 0) is 35.0 Å². The van der Waals surface area contributed by atoms with Crippen molar-refractivity contribution in [2.24, 2.45) is 27.6 Å². The second-order valence-corrected chi connectivity index (χ2v) is 15.0. The molecule has 0 saturated carbocycles. The number of rotatable bonds is 17. The van der Waals surface area contributed by atoms with Crippen molar-refractivity contribution in [3.05, 3.63) is 18.0 Å². The zero-order valence-electron chi connectivity index (χ0n) is 26.2. The average Bonchev–Trinajstić information content (AvgIpc) is 2.63. The average molecular weight is 494 g/mol. The molecule has 208 valence electrons. The molecule has 0 heterocycles. The molecule has 0 fully saturated rings. The first kappa shape index (κ1) is 34.2. The summed E-state index contributed by atoms with van der Waals surface area (Å²) in [6.45, 7) is 39.3. The summed E-state index contributed by atoms with van der Waals surface area (Å²) in [7, 11) is 0. The lowest BCUT2D eigenvalue weighted by molar-refractivity contribution is 0.0497. The summed E-state index contributed by atoms with van der Waals surface area (Å²) in [5.41, 5.74) is 4.71. The summed E-state index contributed by atoms with van der Waals surface area (Å²) in [4.78, 5) is 2.40. The van der Waals surface area contributed by atoms with Gasteiger partial charge < -0.3 is 20.6 Å². The zero-order valence-corrected chi connectivity index (χ0v) is 26.2. The fourth-order valence-corrected chi connectivity index (χ4v) is 5.68. The number of aliphatic hydroxyl groups excluding tert-OH is 1. The second-order valence-electron chi connectivity index (χ2n) is 15.0. The van der Waals surface area contributed by atoms with Gasteiger partial charge in [-0.2, -0.15) is 0 Å². The van der Waals surface area contributed by atoms with E-state index in [2.05, 4.69) is 125 Å². The summed E-state index contributed by atoms with van der Waals surface area (Å²) in [5, 5.41) is 18.2. The van der Waals surface area contributed by atoms with E-state index in [4.69, 9.17) is 0 Å². The standard InChI is InChI=1S/C31H63N3O/c1-16-27(31(14,15)19-29(10,11)21-33-25(6)7)34(17-26(35)23(2)3)22-30(12,13)18-28(8,9)20-32-24(4)5/h23-26,32-33,35H,1,17-22H2,2-15H3. The van der Waals surface area contributed by atoms with Crippen molar-refractivity contribution in [1.29, 1.82) is 0 Å². The van der Waals surface area contributed by atoms with Crippen molar-refractivity contribution >= 4 is 0 Å². The number of aliphatic hydroxyl groups is 1. The van der Waals surface area contributed by atoms with Crippen molar-refractivity contribution in [2.75, 3.05) is 26.2 Å². The summed E-state index contributed by atoms with van der Waals surface area (Å²) < 4.78 is 0. The highest BCUT2D eigenvalue weighted by molar-refractivity contribution is 5.12. The van der Waals surface area contributed by atoms with E-state index in [9.17, 15) is 5.11 Å². The van der Waals surface area contributed by atoms with Crippen LogP contribution in [0.4, 0.5) is 0 Å². The van der Waals surface area contributed by atoms with Gasteiger partial charge in [0.2, 0.25) is 0 Å². The van der Waals surface area contributed by atoms with Crippen LogP contribution in [0.2, 0.25) is 0 Å². The Morgan fingerprint density at radius 2 is 1.20 bits per heavy atom. The van der Waals surface area contributed by atoms with Crippen molar-refractivity contribution in [1.82, 2.24) is 15.5 Å². The van der Waals surface area contributed by atoms with E-state index in [1.54, 1.807) is 0 Å². The molecule has 0 aromatic rings. The molecule has 0 rings (SSSR count). The van der Waals surface area contributed by atoms with Gasteiger partial charge in [0.05, 0.1) is 11.8 Å². The molecule has 0 aromatic heterocycles. The lowest BCUT2D eigenvalue weighted by Gasteiger charge is -2.45. The molecule has 35 heavy (non-hydrogen) atoms. The summed E-state index contributed by atoms with van der Waals surface area (Å²) in [6.07, 6.45) is 1.70. The fourth-order valence-electron chi connectivity index (χ4n) is 5.68. The minimum atomic E-state index is -0.392. The van der Waals surface area contributed by atoms with Crippen LogP contribution in [-0.2, 0) is 0 Å². The fraction of sp³-hybridized carbons (Fsp3) is 0.903. The Bertz CT molecular complexity index is 667. The van der Waals surface area contributed by atoms with Crippen molar-refractivity contribution in [2.45, 2.75) is 128 Å². The normalized spacial score (nSPS) is 14.6. The zero-order chi connectivity index (χ0) is 27.8. The van der Waals surface area contributed by atoms with Crippen molar-refractivity contribution < 1.29 is 5.11 Å². The van der Waals surface area contributed by atoms with E-state index in [1.165, 1.54) is 0 Å². The van der Waals surface area contributed by atoms with Crippen LogP contribution in [0.1, 0.15) is 110 Å². The van der Waals surface area contributed by atoms with E-state index in [-0.39, 0.29) is 27.6 Å². The predicted molar refractivity (Wildman–Crippen MR) is 156 cm³/mol. The number of hydrogen-bond donors (Lipinski definition) is 3. The largest absolute Gasteiger partial charge is 0.391 e. The van der Waals surface area contributed by atoms with Crippen LogP contribution in [0, 0.1) is 27.6 Å². The molecular formula is C31H63N3O. The Hall–Kier alpha value is -0.800. The third-order valence-electron chi connectivity index (χ3n) is 6.78. The van der Waals surface area contributed by atoms with Crippen molar-refractivity contribution in [3.8, 4) is 0 Å². The number of nitrogens with one attached hydrogen (secondary N) is 2. The third kappa shape index (κ3) is 13.9. The molecule has 1 unspecified atom stereocenters. The van der Waals surface area contributed by atoms with Gasteiger partial charge in [0.25, 0.3) is 0 Å². The minimum absolute atomic E-state index is 0.0613. The maximum absolute atomic E-state index is 10.9. The van der Waals surface area contributed by atoms with Crippen LogP contribution in [0.5, 0.6) is 0 Å². The summed E-state index contributed by atoms with van der Waals surface area (Å²) >= 11 is 0. The first-order chi connectivity index (χ1) is 15.6. The quantitative estimate of drug-likeness (QED) is 0.194. The molecule has 0 aliphatic carbocycles. The van der Waals surface area contributed by atoms with Gasteiger partial charge >= 0.3 is 0 Å². The van der Waals surface area contributed by atoms with Crippen LogP contribution >= 0.6 is 0 Å². The lowest BCUT2D eigenvalue weighted by atomic mass is 9.71. The smallest absolute Gasteiger partial charge is 0.0738 e. The van der Waals surface area contributed by atoms with Gasteiger partial charge in [0.15, 0.2) is 0 Å². The Morgan fingerprint density at radius 1 is 0.771 bits per heavy atom. The van der Waals surface area contributed by atoms with E-state index in [0.717, 1.165) is 38.2 Å². The monoisotopic (exact) mass is 493 g/mol. The summed E-state index contributed by atoms with van der Waals surface area (Å²) in [5.74, 6) is 0.202. The van der Waals surface area contributed by atoms with Gasteiger partial charge in [-0.3, -0.25) is 0 Å². The Kier molecular flexibility index (Phi) is 13.3. The molecule has 3 N–H and O–H groups in total. The van der Waals surface area contributed by atoms with Crippen LogP contribution in [0.15, 0.2) is 18.0 Å². The molecule has 0 radical (unpaired) electrons. The maximum Gasteiger partial charge on any atom is 0.0738 e. The van der Waals surface area contributed by atoms with Gasteiger partial charge in [0, 0.05) is 43.7 Å². The SMILES string of the molecule is C=C=C(N(CC(O)C(C)C)CC(C)(C)CC(C)(C)CNC(C)C)C(C)(C)CC(C)(C)CNC(C)C. The first-order valence-electron chi connectivity index (χ1n) is 13.9. The lowest BCUT2D eigenvalue weighted by Crippen LogP contribution is -2.46. The molecule has 0 bridgehead atoms. The van der Waals surface area contributed by atoms with Crippen molar-refractivity contribution in [3.63, 3.8) is 0 Å². The van der Waals surface area contributed by atoms with E-state index < -0.39 is 6.10 Å². The van der Waals surface area contributed by atoms with Crippen LogP contribution in [-0.4, -0.2) is 54.4 Å². The van der Waals surface area contributed by atoms with E-state index in [0.29, 0.717) is 18.6 Å². The number of allylic oxidation sites excluding steroid dienone is 1. The highest BCUT2D eigenvalue weighted by Gasteiger charge is 2.38. The van der Waals surface area contributed by atoms with Crippen LogP contribution in [0.3, 0.4) is 0 Å². The third-order valence-corrected chi connectivity index (χ3v) is 6.78. The molecule has 0 amide bonds. The first-order valence-corrected chi connectivity index (χ1v) is 13.9. The highest BCUT2D eigenvalue weighted by atomic mass is 16.3. The number of nitrogens with zero attached hydrogens (tertiary/aromatic N) is 1. The highest BCUT2D eigenvalue weighted by Crippen LogP contribution is 2.42.